The number of rotatable bonds is 10. The van der Waals surface area contributed by atoms with Crippen LogP contribution in [0.3, 0.4) is 0 Å². The number of amides is 1. The summed E-state index contributed by atoms with van der Waals surface area (Å²) in [6, 6.07) is 3.31. The van der Waals surface area contributed by atoms with Crippen LogP contribution in [0.1, 0.15) is 86.2 Å². The molecule has 3 aliphatic heterocycles. The molecule has 4 rings (SSSR count). The van der Waals surface area contributed by atoms with Crippen LogP contribution < -0.4 is 5.32 Å². The third-order valence-electron chi connectivity index (χ3n) is 8.80. The van der Waals surface area contributed by atoms with Gasteiger partial charge in [0.2, 0.25) is 5.91 Å². The highest BCUT2D eigenvalue weighted by molar-refractivity contribution is 5.90. The molecule has 0 spiro atoms. The van der Waals surface area contributed by atoms with E-state index in [-0.39, 0.29) is 30.4 Å². The summed E-state index contributed by atoms with van der Waals surface area (Å²) in [4.78, 5) is 38.2. The van der Waals surface area contributed by atoms with Crippen molar-refractivity contribution in [2.45, 2.75) is 94.7 Å². The van der Waals surface area contributed by atoms with Gasteiger partial charge in [-0.25, -0.2) is 4.79 Å². The van der Waals surface area contributed by atoms with Gasteiger partial charge in [-0.05, 0) is 88.6 Å². The number of aromatic carboxylic acids is 1. The molecule has 1 aromatic carbocycles. The van der Waals surface area contributed by atoms with Crippen LogP contribution in [0.4, 0.5) is 13.2 Å². The van der Waals surface area contributed by atoms with E-state index in [4.69, 9.17) is 9.47 Å². The second-order valence-electron chi connectivity index (χ2n) is 11.5. The number of carbonyl (C=O) groups is 3. The lowest BCUT2D eigenvalue weighted by molar-refractivity contribution is -0.146. The number of piperidine rings is 1. The predicted molar refractivity (Wildman–Crippen MR) is 140 cm³/mol. The fourth-order valence-electron chi connectivity index (χ4n) is 6.48. The molecule has 0 aromatic heterocycles. The normalized spacial score (nSPS) is 26.5. The molecular weight excluding hydrogens is 529 g/mol. The predicted octanol–water partition coefficient (Wildman–Crippen LogP) is 4.41. The molecule has 0 radical (unpaired) electrons. The standard InChI is InChI=1S/C29H39F3N2O6/c1-18(39-15-22-6-8-23-4-3-5-26(22)40-23)28(17-35,33-19(2)36)16-34-12-10-20(11-13-34)21-7-9-25(29(30,31)32)24(14-21)27(37)38/h7,9,14,17-18,20,22-23,26H,3-6,8,10-13,15-16H2,1-2H3,(H,33,36)(H,37,38)/t18-,22?,23?,26?,28?/m0/s1. The van der Waals surface area contributed by atoms with Gasteiger partial charge in [0.15, 0.2) is 0 Å². The fourth-order valence-corrected chi connectivity index (χ4v) is 6.48. The molecule has 4 unspecified atom stereocenters. The van der Waals surface area contributed by atoms with Gasteiger partial charge in [0.05, 0.1) is 36.0 Å². The molecule has 3 heterocycles. The van der Waals surface area contributed by atoms with Crippen molar-refractivity contribution in [1.82, 2.24) is 10.2 Å². The van der Waals surface area contributed by atoms with Gasteiger partial charge in [0.1, 0.15) is 11.8 Å². The van der Waals surface area contributed by atoms with E-state index >= 15 is 0 Å². The Morgan fingerprint density at radius 3 is 2.52 bits per heavy atom. The van der Waals surface area contributed by atoms with Crippen LogP contribution in [-0.2, 0) is 25.2 Å². The van der Waals surface area contributed by atoms with Gasteiger partial charge in [0.25, 0.3) is 0 Å². The maximum Gasteiger partial charge on any atom is 0.417 e. The van der Waals surface area contributed by atoms with Crippen LogP contribution in [0.5, 0.6) is 0 Å². The zero-order chi connectivity index (χ0) is 29.1. The molecule has 2 bridgehead atoms. The van der Waals surface area contributed by atoms with Crippen molar-refractivity contribution in [2.24, 2.45) is 5.92 Å². The lowest BCUT2D eigenvalue weighted by Gasteiger charge is -2.43. The van der Waals surface area contributed by atoms with Crippen LogP contribution in [0.15, 0.2) is 18.2 Å². The first-order chi connectivity index (χ1) is 18.9. The SMILES string of the molecule is CC(=O)NC(C=O)(CN1CCC(c2ccc(C(F)(F)F)c(C(=O)O)c2)CC1)[C@H](C)OCC1CCC2CCCC1O2. The number of ether oxygens (including phenoxy) is 2. The number of carboxylic acids is 1. The maximum absolute atomic E-state index is 13.3. The van der Waals surface area contributed by atoms with Crippen molar-refractivity contribution in [3.63, 3.8) is 0 Å². The lowest BCUT2D eigenvalue weighted by atomic mass is 9.84. The first kappa shape index (κ1) is 30.5. The van der Waals surface area contributed by atoms with Crippen molar-refractivity contribution in [1.29, 1.82) is 0 Å². The van der Waals surface area contributed by atoms with Gasteiger partial charge in [-0.2, -0.15) is 13.2 Å². The van der Waals surface area contributed by atoms with Crippen molar-refractivity contribution in [2.75, 3.05) is 26.2 Å². The second-order valence-corrected chi connectivity index (χ2v) is 11.5. The Kier molecular flexibility index (Phi) is 9.57. The minimum absolute atomic E-state index is 0.123. The van der Waals surface area contributed by atoms with Crippen LogP contribution >= 0.6 is 0 Å². The number of carboxylic acid groups (broad SMARTS) is 1. The van der Waals surface area contributed by atoms with Crippen molar-refractivity contribution in [3.8, 4) is 0 Å². The zero-order valence-electron chi connectivity index (χ0n) is 23.0. The number of fused-ring (bicyclic) bond motifs is 2. The van der Waals surface area contributed by atoms with Crippen molar-refractivity contribution in [3.05, 3.63) is 34.9 Å². The second kappa shape index (κ2) is 12.6. The van der Waals surface area contributed by atoms with Gasteiger partial charge in [-0.1, -0.05) is 6.07 Å². The molecule has 8 nitrogen and oxygen atoms in total. The van der Waals surface area contributed by atoms with Crippen LogP contribution in [-0.4, -0.2) is 78.3 Å². The van der Waals surface area contributed by atoms with E-state index in [2.05, 4.69) is 5.32 Å². The molecule has 5 atom stereocenters. The Hall–Kier alpha value is -2.50. The third-order valence-corrected chi connectivity index (χ3v) is 8.80. The van der Waals surface area contributed by atoms with Gasteiger partial charge in [-0.3, -0.25) is 4.79 Å². The highest BCUT2D eigenvalue weighted by atomic mass is 19.4. The number of nitrogens with one attached hydrogen (secondary N) is 1. The Morgan fingerprint density at radius 1 is 1.18 bits per heavy atom. The number of hydrogen-bond acceptors (Lipinski definition) is 6. The number of likely N-dealkylation sites (tertiary alicyclic amines) is 1. The fraction of sp³-hybridized carbons (Fsp3) is 0.690. The Labute approximate surface area is 232 Å². The highest BCUT2D eigenvalue weighted by Gasteiger charge is 2.42. The monoisotopic (exact) mass is 568 g/mol. The first-order valence-corrected chi connectivity index (χ1v) is 14.1. The van der Waals surface area contributed by atoms with E-state index in [1.54, 1.807) is 6.92 Å². The smallest absolute Gasteiger partial charge is 0.417 e. The van der Waals surface area contributed by atoms with Crippen LogP contribution in [0.2, 0.25) is 0 Å². The van der Waals surface area contributed by atoms with E-state index in [0.29, 0.717) is 44.2 Å². The Balaban J connectivity index is 1.39. The number of alkyl halides is 3. The lowest BCUT2D eigenvalue weighted by Crippen LogP contribution is -2.64. The summed E-state index contributed by atoms with van der Waals surface area (Å²) in [5.41, 5.74) is -2.64. The zero-order valence-corrected chi connectivity index (χ0v) is 23.0. The number of hydrogen-bond donors (Lipinski definition) is 2. The van der Waals surface area contributed by atoms with E-state index in [1.165, 1.54) is 13.0 Å². The van der Waals surface area contributed by atoms with Crippen molar-refractivity contribution >= 4 is 18.2 Å². The minimum atomic E-state index is -4.75. The molecule has 3 aliphatic rings. The highest BCUT2D eigenvalue weighted by Crippen LogP contribution is 2.37. The summed E-state index contributed by atoms with van der Waals surface area (Å²) in [6.45, 7) is 4.87. The number of halogens is 3. The van der Waals surface area contributed by atoms with Crippen LogP contribution in [0, 0.1) is 5.92 Å². The summed E-state index contributed by atoms with van der Waals surface area (Å²) in [7, 11) is 0. The average molecular weight is 569 g/mol. The summed E-state index contributed by atoms with van der Waals surface area (Å²) >= 11 is 0. The molecule has 2 N–H and O–H groups in total. The Morgan fingerprint density at radius 2 is 1.90 bits per heavy atom. The molecule has 1 amide bonds. The first-order valence-electron chi connectivity index (χ1n) is 14.1. The Bertz CT molecular complexity index is 1070. The number of benzene rings is 1. The van der Waals surface area contributed by atoms with Gasteiger partial charge >= 0.3 is 12.1 Å². The van der Waals surface area contributed by atoms with Crippen molar-refractivity contribution < 1.29 is 42.1 Å². The van der Waals surface area contributed by atoms with Gasteiger partial charge in [-0.15, -0.1) is 0 Å². The van der Waals surface area contributed by atoms with E-state index in [1.807, 2.05) is 4.90 Å². The third kappa shape index (κ3) is 7.03. The molecular formula is C29H39F3N2O6. The van der Waals surface area contributed by atoms with Gasteiger partial charge < -0.3 is 29.6 Å². The minimum Gasteiger partial charge on any atom is -0.478 e. The summed E-state index contributed by atoms with van der Waals surface area (Å²) in [6.07, 6.45) is 2.30. The van der Waals surface area contributed by atoms with Gasteiger partial charge in [0, 0.05) is 19.4 Å². The van der Waals surface area contributed by atoms with E-state index in [0.717, 1.165) is 50.5 Å². The topological polar surface area (TPSA) is 105 Å². The maximum atomic E-state index is 13.3. The molecule has 0 saturated carbocycles. The summed E-state index contributed by atoms with van der Waals surface area (Å²) < 4.78 is 52.1. The summed E-state index contributed by atoms with van der Waals surface area (Å²) in [5.74, 6) is -1.84. The molecule has 3 saturated heterocycles. The largest absolute Gasteiger partial charge is 0.478 e. The van der Waals surface area contributed by atoms with E-state index < -0.39 is 34.9 Å². The quantitative estimate of drug-likeness (QED) is 0.403. The number of nitrogens with zero attached hydrogens (tertiary/aromatic N) is 1. The molecule has 40 heavy (non-hydrogen) atoms. The van der Waals surface area contributed by atoms with E-state index in [9.17, 15) is 32.7 Å². The molecule has 1 aromatic rings. The number of aldehydes is 1. The van der Waals surface area contributed by atoms with Crippen LogP contribution in [0.25, 0.3) is 0 Å². The average Bonchev–Trinajstić information content (AvgIpc) is 2.91. The molecule has 222 valence electrons. The number of carbonyl (C=O) groups excluding carboxylic acids is 2. The summed E-state index contributed by atoms with van der Waals surface area (Å²) in [5, 5.41) is 12.2. The molecule has 3 fully saturated rings. The molecule has 0 aliphatic carbocycles. The molecule has 11 heteroatoms.